The molecular formula is C19H19FN4O2S. The van der Waals surface area contributed by atoms with Crippen molar-refractivity contribution in [1.29, 1.82) is 0 Å². The minimum atomic E-state index is -0.729. The number of aryl methyl sites for hydroxylation is 1. The fourth-order valence-electron chi connectivity index (χ4n) is 2.98. The zero-order chi connectivity index (χ0) is 19.6. The second-order valence-corrected chi connectivity index (χ2v) is 6.47. The molecule has 6 nitrogen and oxygen atoms in total. The topological polar surface area (TPSA) is 70.4 Å². The smallest absolute Gasteiger partial charge is 0.257 e. The Labute approximate surface area is 161 Å². The van der Waals surface area contributed by atoms with Crippen LogP contribution < -0.4 is 10.6 Å². The van der Waals surface area contributed by atoms with E-state index in [0.717, 1.165) is 0 Å². The predicted octanol–water partition coefficient (Wildman–Crippen LogP) is 3.45. The molecule has 0 fully saturated rings. The van der Waals surface area contributed by atoms with Crippen molar-refractivity contribution in [2.24, 2.45) is 0 Å². The van der Waals surface area contributed by atoms with E-state index in [1.54, 1.807) is 49.1 Å². The first-order valence-corrected chi connectivity index (χ1v) is 8.72. The summed E-state index contributed by atoms with van der Waals surface area (Å²) < 4.78 is 19.4. The summed E-state index contributed by atoms with van der Waals surface area (Å²) in [5.74, 6) is 0.00913. The Hall–Kier alpha value is -3.00. The highest BCUT2D eigenvalue weighted by Crippen LogP contribution is 2.32. The Morgan fingerprint density at radius 2 is 2.22 bits per heavy atom. The molecule has 2 N–H and O–H groups in total. The van der Waals surface area contributed by atoms with Crippen molar-refractivity contribution in [3.05, 3.63) is 71.4 Å². The number of thiocarbonyl (C=S) groups is 1. The lowest BCUT2D eigenvalue weighted by Crippen LogP contribution is -2.48. The number of rotatable bonds is 5. The zero-order valence-corrected chi connectivity index (χ0v) is 15.8. The van der Waals surface area contributed by atoms with Crippen molar-refractivity contribution in [3.8, 4) is 0 Å². The highest BCUT2D eigenvalue weighted by Gasteiger charge is 2.35. The van der Waals surface area contributed by atoms with Crippen molar-refractivity contribution in [1.82, 2.24) is 15.4 Å². The van der Waals surface area contributed by atoms with Gasteiger partial charge in [-0.2, -0.15) is 0 Å². The zero-order valence-electron chi connectivity index (χ0n) is 15.0. The summed E-state index contributed by atoms with van der Waals surface area (Å²) in [4.78, 5) is 14.8. The predicted molar refractivity (Wildman–Crippen MR) is 104 cm³/mol. The van der Waals surface area contributed by atoms with Crippen molar-refractivity contribution in [3.63, 3.8) is 0 Å². The molecule has 1 aromatic heterocycles. The minimum Gasteiger partial charge on any atom is -0.360 e. The van der Waals surface area contributed by atoms with E-state index in [4.69, 9.17) is 16.7 Å². The fourth-order valence-corrected chi connectivity index (χ4v) is 3.31. The highest BCUT2D eigenvalue weighted by molar-refractivity contribution is 7.80. The maximum atomic E-state index is 14.4. The van der Waals surface area contributed by atoms with Crippen LogP contribution in [0.2, 0.25) is 0 Å². The van der Waals surface area contributed by atoms with Crippen LogP contribution in [0.1, 0.15) is 24.3 Å². The van der Waals surface area contributed by atoms with E-state index in [0.29, 0.717) is 34.3 Å². The number of hydrogen-bond acceptors (Lipinski definition) is 4. The van der Waals surface area contributed by atoms with Gasteiger partial charge in [-0.15, -0.1) is 6.58 Å². The van der Waals surface area contributed by atoms with Crippen LogP contribution in [0.15, 0.2) is 58.8 Å². The first-order valence-electron chi connectivity index (χ1n) is 8.31. The fraction of sp³-hybridized carbons (Fsp3) is 0.211. The molecule has 0 bridgehead atoms. The summed E-state index contributed by atoms with van der Waals surface area (Å²) in [6, 6.07) is 7.16. The highest BCUT2D eigenvalue weighted by atomic mass is 32.1. The normalized spacial score (nSPS) is 16.9. The lowest BCUT2D eigenvalue weighted by Gasteiger charge is -2.37. The second-order valence-electron chi connectivity index (χ2n) is 6.08. The van der Waals surface area contributed by atoms with E-state index in [1.807, 2.05) is 0 Å². The van der Waals surface area contributed by atoms with Gasteiger partial charge in [0.25, 0.3) is 5.91 Å². The maximum absolute atomic E-state index is 14.4. The number of nitrogens with one attached hydrogen (secondary N) is 2. The number of hydrogen-bond donors (Lipinski definition) is 2. The number of amides is 1. The average Bonchev–Trinajstić information content (AvgIpc) is 3.03. The molecule has 2 aromatic rings. The molecule has 2 heterocycles. The number of benzene rings is 1. The van der Waals surface area contributed by atoms with Gasteiger partial charge < -0.3 is 20.1 Å². The van der Waals surface area contributed by atoms with Gasteiger partial charge in [0.15, 0.2) is 10.9 Å². The van der Waals surface area contributed by atoms with Gasteiger partial charge in [0.05, 0.1) is 11.6 Å². The van der Waals surface area contributed by atoms with Gasteiger partial charge in [-0.1, -0.05) is 29.4 Å². The van der Waals surface area contributed by atoms with Crippen LogP contribution in [0.4, 0.5) is 10.2 Å². The summed E-state index contributed by atoms with van der Waals surface area (Å²) in [5, 5.41) is 9.95. The van der Waals surface area contributed by atoms with Gasteiger partial charge in [-0.3, -0.25) is 4.79 Å². The van der Waals surface area contributed by atoms with Gasteiger partial charge in [-0.05, 0) is 32.1 Å². The Kier molecular flexibility index (Phi) is 5.36. The Morgan fingerprint density at radius 1 is 1.48 bits per heavy atom. The van der Waals surface area contributed by atoms with E-state index < -0.39 is 17.8 Å². The molecule has 3 rings (SSSR count). The lowest BCUT2D eigenvalue weighted by molar-refractivity contribution is -0.113. The third kappa shape index (κ3) is 3.75. The van der Waals surface area contributed by atoms with Crippen LogP contribution in [0.5, 0.6) is 0 Å². The van der Waals surface area contributed by atoms with Crippen LogP contribution >= 0.6 is 12.2 Å². The molecule has 8 heteroatoms. The summed E-state index contributed by atoms with van der Waals surface area (Å²) >= 11 is 5.41. The second kappa shape index (κ2) is 7.71. The van der Waals surface area contributed by atoms with Crippen LogP contribution in [-0.2, 0) is 4.79 Å². The van der Waals surface area contributed by atoms with Crippen LogP contribution in [0, 0.1) is 12.7 Å². The molecule has 0 unspecified atom stereocenters. The standard InChI is InChI=1S/C19H19FN4O2S/c1-4-9-24-12(3)16(18(25)21-15-10-11(2)26-23-15)17(22-19(24)27)13-7-5-6-8-14(13)20/h4-8,10,17H,1,9H2,2-3H3,(H,22,27)(H,21,23,25)/t17-/m0/s1. The van der Waals surface area contributed by atoms with Crippen LogP contribution in [0.3, 0.4) is 0 Å². The molecule has 1 aliphatic rings. The van der Waals surface area contributed by atoms with Gasteiger partial charge >= 0.3 is 0 Å². The number of allylic oxidation sites excluding steroid dienone is 1. The number of aromatic nitrogens is 1. The summed E-state index contributed by atoms with van der Waals surface area (Å²) in [6.45, 7) is 7.63. The van der Waals surface area contributed by atoms with Gasteiger partial charge in [0.1, 0.15) is 11.6 Å². The molecule has 1 amide bonds. The molecular weight excluding hydrogens is 367 g/mol. The van der Waals surface area contributed by atoms with Crippen LogP contribution in [0.25, 0.3) is 0 Å². The number of anilines is 1. The van der Waals surface area contributed by atoms with Crippen molar-refractivity contribution >= 4 is 29.1 Å². The molecule has 0 saturated carbocycles. The van der Waals surface area contributed by atoms with Crippen molar-refractivity contribution in [2.75, 3.05) is 11.9 Å². The molecule has 1 atom stereocenters. The molecule has 0 spiro atoms. The number of halogens is 1. The van der Waals surface area contributed by atoms with E-state index in [-0.39, 0.29) is 5.82 Å². The molecule has 140 valence electrons. The lowest BCUT2D eigenvalue weighted by atomic mass is 9.94. The van der Waals surface area contributed by atoms with Gasteiger partial charge in [0.2, 0.25) is 0 Å². The number of nitrogens with zero attached hydrogens (tertiary/aromatic N) is 2. The molecule has 0 radical (unpaired) electrons. The van der Waals surface area contributed by atoms with E-state index in [9.17, 15) is 9.18 Å². The first-order chi connectivity index (χ1) is 12.9. The Balaban J connectivity index is 2.06. The van der Waals surface area contributed by atoms with Gasteiger partial charge in [-0.25, -0.2) is 4.39 Å². The van der Waals surface area contributed by atoms with E-state index in [2.05, 4.69) is 22.4 Å². The Morgan fingerprint density at radius 3 is 2.85 bits per heavy atom. The SMILES string of the molecule is C=CCN1C(=S)N[C@@H](c2ccccc2F)C(C(=O)Nc2cc(C)on2)=C1C. The van der Waals surface area contributed by atoms with Crippen molar-refractivity contribution < 1.29 is 13.7 Å². The summed E-state index contributed by atoms with van der Waals surface area (Å²) in [6.07, 6.45) is 1.68. The Bertz CT molecular complexity index is 937. The van der Waals surface area contributed by atoms with E-state index in [1.165, 1.54) is 6.07 Å². The molecule has 0 aliphatic carbocycles. The third-order valence-electron chi connectivity index (χ3n) is 4.24. The monoisotopic (exact) mass is 386 g/mol. The first kappa shape index (κ1) is 18.8. The van der Waals surface area contributed by atoms with Crippen molar-refractivity contribution in [2.45, 2.75) is 19.9 Å². The quantitative estimate of drug-likeness (QED) is 0.606. The largest absolute Gasteiger partial charge is 0.360 e. The molecule has 1 aromatic carbocycles. The number of carbonyl (C=O) groups is 1. The summed E-state index contributed by atoms with van der Waals surface area (Å²) in [5.41, 5.74) is 1.29. The van der Waals surface area contributed by atoms with E-state index >= 15 is 0 Å². The number of carbonyl (C=O) groups excluding carboxylic acids is 1. The summed E-state index contributed by atoms with van der Waals surface area (Å²) in [7, 11) is 0. The average molecular weight is 386 g/mol. The molecule has 27 heavy (non-hydrogen) atoms. The maximum Gasteiger partial charge on any atom is 0.257 e. The van der Waals surface area contributed by atoms with Crippen LogP contribution in [-0.4, -0.2) is 27.6 Å². The van der Waals surface area contributed by atoms with Gasteiger partial charge in [0, 0.05) is 23.9 Å². The minimum absolute atomic E-state index is 0.286. The third-order valence-corrected chi connectivity index (χ3v) is 4.58. The molecule has 1 aliphatic heterocycles. The molecule has 0 saturated heterocycles.